The van der Waals surface area contributed by atoms with Gasteiger partial charge in [0.1, 0.15) is 17.4 Å². The Hall–Kier alpha value is -4.61. The first-order valence-corrected chi connectivity index (χ1v) is 15.7. The molecule has 0 amide bonds. The summed E-state index contributed by atoms with van der Waals surface area (Å²) in [6.07, 6.45) is 5.67. The second kappa shape index (κ2) is 12.2. The Kier molecular flexibility index (Phi) is 7.80. The lowest BCUT2D eigenvalue weighted by Crippen LogP contribution is -2.33. The number of imidazole rings is 2. The van der Waals surface area contributed by atoms with Crippen LogP contribution >= 0.6 is 11.3 Å². The maximum atomic E-state index is 11.7. The number of thiazole rings is 1. The topological polar surface area (TPSA) is 111 Å². The molecule has 6 aromatic rings. The number of pyridine rings is 1. The molecule has 0 saturated carbocycles. The van der Waals surface area contributed by atoms with Crippen LogP contribution in [0.25, 0.3) is 21.3 Å². The highest BCUT2D eigenvalue weighted by Gasteiger charge is 2.24. The lowest BCUT2D eigenvalue weighted by molar-refractivity contribution is 0.0697. The van der Waals surface area contributed by atoms with Gasteiger partial charge in [0.2, 0.25) is 5.88 Å². The van der Waals surface area contributed by atoms with Gasteiger partial charge in [-0.2, -0.15) is 0 Å². The summed E-state index contributed by atoms with van der Waals surface area (Å²) < 4.78 is 11.5. The van der Waals surface area contributed by atoms with Gasteiger partial charge in [-0.05, 0) is 69.3 Å². The van der Waals surface area contributed by atoms with E-state index in [4.69, 9.17) is 14.7 Å². The second-order valence-corrected chi connectivity index (χ2v) is 12.2. The predicted molar refractivity (Wildman–Crippen MR) is 169 cm³/mol. The van der Waals surface area contributed by atoms with Crippen LogP contribution in [0.2, 0.25) is 0 Å². The fourth-order valence-corrected chi connectivity index (χ4v) is 6.85. The Balaban J connectivity index is 1.03. The van der Waals surface area contributed by atoms with Crippen molar-refractivity contribution in [2.24, 2.45) is 0 Å². The van der Waals surface area contributed by atoms with Crippen LogP contribution in [0.3, 0.4) is 0 Å². The molecule has 0 bridgehead atoms. The van der Waals surface area contributed by atoms with Gasteiger partial charge in [0.05, 0.1) is 51.9 Å². The minimum absolute atomic E-state index is 0.258. The number of para-hydroxylation sites is 1. The van der Waals surface area contributed by atoms with Gasteiger partial charge in [0, 0.05) is 30.4 Å². The molecule has 1 fully saturated rings. The molecule has 7 rings (SSSR count). The molecule has 1 N–H and O–H groups in total. The molecule has 224 valence electrons. The average Bonchev–Trinajstić information content (AvgIpc) is 3.77. The maximum absolute atomic E-state index is 11.7. The minimum Gasteiger partial charge on any atom is -0.478 e. The number of rotatable bonds is 10. The monoisotopic (exact) mass is 607 g/mol. The number of likely N-dealkylation sites (tertiary alicyclic amines) is 1. The highest BCUT2D eigenvalue weighted by molar-refractivity contribution is 7.18. The zero-order valence-corrected chi connectivity index (χ0v) is 25.3. The summed E-state index contributed by atoms with van der Waals surface area (Å²) in [5, 5.41) is 10.6. The molecule has 4 aromatic heterocycles. The minimum atomic E-state index is -0.943. The number of nitrogens with zero attached hydrogens (tertiary/aromatic N) is 7. The molecular weight excluding hydrogens is 574 g/mol. The van der Waals surface area contributed by atoms with E-state index in [-0.39, 0.29) is 5.56 Å². The van der Waals surface area contributed by atoms with Crippen LogP contribution in [-0.2, 0) is 26.2 Å². The third-order valence-corrected chi connectivity index (χ3v) is 9.34. The third kappa shape index (κ3) is 5.80. The maximum Gasteiger partial charge on any atom is 0.335 e. The van der Waals surface area contributed by atoms with Crippen molar-refractivity contribution < 1.29 is 14.6 Å². The molecule has 1 aliphatic heterocycles. The van der Waals surface area contributed by atoms with E-state index in [1.165, 1.54) is 0 Å². The Morgan fingerprint density at radius 3 is 2.68 bits per heavy atom. The van der Waals surface area contributed by atoms with Crippen LogP contribution in [0.5, 0.6) is 5.88 Å². The van der Waals surface area contributed by atoms with E-state index < -0.39 is 5.97 Å². The number of carboxylic acids is 1. The van der Waals surface area contributed by atoms with Gasteiger partial charge >= 0.3 is 5.97 Å². The van der Waals surface area contributed by atoms with Crippen molar-refractivity contribution in [2.45, 2.75) is 51.9 Å². The number of aryl methyl sites for hydroxylation is 1. The second-order valence-electron chi connectivity index (χ2n) is 11.1. The lowest BCUT2D eigenvalue weighted by atomic mass is 9.93. The summed E-state index contributed by atoms with van der Waals surface area (Å²) in [6, 6.07) is 19.3. The smallest absolute Gasteiger partial charge is 0.335 e. The first-order chi connectivity index (χ1) is 21.5. The standard InChI is InChI=1S/C33H33N7O3S/c1-2-39-21-34-17-24(39)18-40-28-16-23(33(41)42)10-11-26(28)35-30(40)19-38-14-12-22(13-15-38)25-7-5-9-31(36-25)43-20-32-37-27-6-3-4-8-29(27)44-32/h3-11,16-17,21-22H,2,12-15,18-20H2,1H3,(H,41,42). The predicted octanol–water partition coefficient (Wildman–Crippen LogP) is 5.96. The van der Waals surface area contributed by atoms with Crippen molar-refractivity contribution in [3.8, 4) is 5.88 Å². The van der Waals surface area contributed by atoms with E-state index in [0.29, 0.717) is 31.5 Å². The molecule has 5 heterocycles. The number of aromatic nitrogens is 6. The van der Waals surface area contributed by atoms with Gasteiger partial charge < -0.3 is 19.0 Å². The SMILES string of the molecule is CCn1cncc1Cn1c(CN2CCC(c3cccc(OCc4nc5ccccc5s4)n3)CC2)nc2ccc(C(=O)O)cc21. The average molecular weight is 608 g/mol. The fraction of sp³-hybridized carbons (Fsp3) is 0.303. The Morgan fingerprint density at radius 1 is 1.00 bits per heavy atom. The number of aromatic carboxylic acids is 1. The highest BCUT2D eigenvalue weighted by atomic mass is 32.1. The number of hydrogen-bond donors (Lipinski definition) is 1. The van der Waals surface area contributed by atoms with Crippen LogP contribution < -0.4 is 4.74 Å². The third-order valence-electron chi connectivity index (χ3n) is 8.33. The summed E-state index contributed by atoms with van der Waals surface area (Å²) in [5.74, 6) is 0.966. The van der Waals surface area contributed by atoms with Crippen molar-refractivity contribution in [3.05, 3.63) is 101 Å². The summed E-state index contributed by atoms with van der Waals surface area (Å²) in [5.41, 5.74) is 5.00. The Morgan fingerprint density at radius 2 is 1.86 bits per heavy atom. The van der Waals surface area contributed by atoms with Gasteiger partial charge in [-0.1, -0.05) is 18.2 Å². The molecule has 11 heteroatoms. The summed E-state index contributed by atoms with van der Waals surface area (Å²) in [7, 11) is 0. The molecular formula is C33H33N7O3S. The van der Waals surface area contributed by atoms with E-state index in [1.807, 2.05) is 42.9 Å². The number of benzene rings is 2. The van der Waals surface area contributed by atoms with E-state index >= 15 is 0 Å². The molecule has 2 aromatic carbocycles. The van der Waals surface area contributed by atoms with Crippen molar-refractivity contribution in [2.75, 3.05) is 13.1 Å². The number of ether oxygens (including phenoxy) is 1. The van der Waals surface area contributed by atoms with Crippen molar-refractivity contribution >= 4 is 38.6 Å². The fourth-order valence-electron chi connectivity index (χ4n) is 5.97. The number of fused-ring (bicyclic) bond motifs is 2. The quantitative estimate of drug-likeness (QED) is 0.203. The summed E-state index contributed by atoms with van der Waals surface area (Å²) in [6.45, 7) is 6.40. The molecule has 0 aliphatic carbocycles. The molecule has 0 unspecified atom stereocenters. The number of hydrogen-bond acceptors (Lipinski definition) is 8. The van der Waals surface area contributed by atoms with Crippen molar-refractivity contribution in [1.82, 2.24) is 34.0 Å². The van der Waals surface area contributed by atoms with E-state index in [0.717, 1.165) is 75.9 Å². The van der Waals surface area contributed by atoms with Gasteiger partial charge in [0.25, 0.3) is 0 Å². The highest BCUT2D eigenvalue weighted by Crippen LogP contribution is 2.30. The number of carbonyl (C=O) groups is 1. The van der Waals surface area contributed by atoms with Crippen LogP contribution in [0.15, 0.2) is 73.2 Å². The van der Waals surface area contributed by atoms with Gasteiger partial charge in [-0.15, -0.1) is 11.3 Å². The van der Waals surface area contributed by atoms with Crippen LogP contribution in [-0.4, -0.2) is 58.1 Å². The molecule has 10 nitrogen and oxygen atoms in total. The molecule has 1 aliphatic rings. The molecule has 0 atom stereocenters. The summed E-state index contributed by atoms with van der Waals surface area (Å²) in [4.78, 5) is 33.0. The van der Waals surface area contributed by atoms with E-state index in [1.54, 1.807) is 29.5 Å². The molecule has 0 radical (unpaired) electrons. The van der Waals surface area contributed by atoms with E-state index in [9.17, 15) is 9.90 Å². The molecule has 44 heavy (non-hydrogen) atoms. The number of carboxylic acid groups (broad SMARTS) is 1. The molecule has 1 saturated heterocycles. The normalized spacial score (nSPS) is 14.5. The largest absolute Gasteiger partial charge is 0.478 e. The first-order valence-electron chi connectivity index (χ1n) is 14.9. The van der Waals surface area contributed by atoms with Crippen LogP contribution in [0.1, 0.15) is 58.3 Å². The Labute approximate surface area is 258 Å². The van der Waals surface area contributed by atoms with E-state index in [2.05, 4.69) is 43.1 Å². The number of piperidine rings is 1. The van der Waals surface area contributed by atoms with Gasteiger partial charge in [-0.25, -0.2) is 24.7 Å². The Bertz CT molecular complexity index is 1900. The van der Waals surface area contributed by atoms with Crippen molar-refractivity contribution in [3.63, 3.8) is 0 Å². The van der Waals surface area contributed by atoms with Crippen molar-refractivity contribution in [1.29, 1.82) is 0 Å². The van der Waals surface area contributed by atoms with Crippen LogP contribution in [0.4, 0.5) is 0 Å². The lowest BCUT2D eigenvalue weighted by Gasteiger charge is -2.31. The summed E-state index contributed by atoms with van der Waals surface area (Å²) >= 11 is 1.65. The first kappa shape index (κ1) is 28.2. The molecule has 0 spiro atoms. The zero-order chi connectivity index (χ0) is 30.0. The zero-order valence-electron chi connectivity index (χ0n) is 24.5. The van der Waals surface area contributed by atoms with Gasteiger partial charge in [0.15, 0.2) is 0 Å². The van der Waals surface area contributed by atoms with Gasteiger partial charge in [-0.3, -0.25) is 4.90 Å². The van der Waals surface area contributed by atoms with Crippen LogP contribution in [0, 0.1) is 0 Å².